The predicted molar refractivity (Wildman–Crippen MR) is 97.7 cm³/mol. The van der Waals surface area contributed by atoms with E-state index in [9.17, 15) is 18.5 Å². The molecule has 0 unspecified atom stereocenters. The van der Waals surface area contributed by atoms with Gasteiger partial charge in [-0.1, -0.05) is 18.2 Å². The maximum atomic E-state index is 11.7. The minimum absolute atomic E-state index is 0.109. The molecule has 0 amide bonds. The molecule has 1 aliphatic heterocycles. The molecule has 3 rings (SSSR count). The normalized spacial score (nSPS) is 13.5. The van der Waals surface area contributed by atoms with Gasteiger partial charge >= 0.3 is 0 Å². The van der Waals surface area contributed by atoms with Gasteiger partial charge in [0.1, 0.15) is 6.61 Å². The Bertz CT molecular complexity index is 1010. The highest BCUT2D eigenvalue weighted by atomic mass is 32.2. The maximum absolute atomic E-state index is 11.7. The minimum Gasteiger partial charge on any atom is -0.454 e. The number of sulfone groups is 1. The molecule has 0 radical (unpaired) electrons. The minimum atomic E-state index is -3.29. The SMILES string of the molecule is CC(=Cc1cc2c(cc1-c1ccc(S(C)(=O)=O)cc1)OCO2)CO[N+](=O)[O-]. The summed E-state index contributed by atoms with van der Waals surface area (Å²) in [6, 6.07) is 10.0. The molecule has 0 bridgehead atoms. The lowest BCUT2D eigenvalue weighted by molar-refractivity contribution is -0.755. The second kappa shape index (κ2) is 7.28. The first-order valence-corrected chi connectivity index (χ1v) is 9.82. The van der Waals surface area contributed by atoms with Gasteiger partial charge in [-0.25, -0.2) is 8.42 Å². The van der Waals surface area contributed by atoms with Crippen molar-refractivity contribution < 1.29 is 27.8 Å². The summed E-state index contributed by atoms with van der Waals surface area (Å²) in [6.45, 7) is 1.66. The van der Waals surface area contributed by atoms with Gasteiger partial charge in [-0.05, 0) is 53.5 Å². The highest BCUT2D eigenvalue weighted by Crippen LogP contribution is 2.39. The van der Waals surface area contributed by atoms with Crippen LogP contribution in [0, 0.1) is 10.1 Å². The number of benzene rings is 2. The summed E-state index contributed by atoms with van der Waals surface area (Å²) in [5.41, 5.74) is 2.94. The van der Waals surface area contributed by atoms with E-state index < -0.39 is 14.9 Å². The Morgan fingerprint density at radius 1 is 1.22 bits per heavy atom. The number of rotatable bonds is 6. The van der Waals surface area contributed by atoms with Crippen LogP contribution < -0.4 is 9.47 Å². The fourth-order valence-electron chi connectivity index (χ4n) is 2.67. The molecule has 0 atom stereocenters. The van der Waals surface area contributed by atoms with Crippen LogP contribution in [0.1, 0.15) is 12.5 Å². The third kappa shape index (κ3) is 4.37. The highest BCUT2D eigenvalue weighted by Gasteiger charge is 2.18. The van der Waals surface area contributed by atoms with E-state index in [1.807, 2.05) is 0 Å². The maximum Gasteiger partial charge on any atom is 0.294 e. The molecule has 0 fully saturated rings. The molecule has 0 saturated carbocycles. The highest BCUT2D eigenvalue weighted by molar-refractivity contribution is 7.90. The quantitative estimate of drug-likeness (QED) is 0.550. The molecule has 0 N–H and O–H groups in total. The standard InChI is InChI=1S/C18H17NO7S/c1-12(10-26-19(20)21)7-14-8-17-18(25-11-24-17)9-16(14)13-3-5-15(6-4-13)27(2,22)23/h3-9H,10-11H2,1-2H3. The zero-order chi connectivity index (χ0) is 19.6. The number of ether oxygens (including phenoxy) is 2. The Balaban J connectivity index is 2.03. The number of fused-ring (bicyclic) bond motifs is 1. The lowest BCUT2D eigenvalue weighted by atomic mass is 9.97. The second-order valence-corrected chi connectivity index (χ2v) is 8.09. The van der Waals surface area contributed by atoms with Crippen molar-refractivity contribution in [3.05, 3.63) is 57.6 Å². The lowest BCUT2D eigenvalue weighted by Gasteiger charge is -2.10. The molecule has 0 aliphatic carbocycles. The number of nitrogens with zero attached hydrogens (tertiary/aromatic N) is 1. The van der Waals surface area contributed by atoms with E-state index >= 15 is 0 Å². The van der Waals surface area contributed by atoms with E-state index in [0.717, 1.165) is 22.9 Å². The van der Waals surface area contributed by atoms with Crippen LogP contribution in [-0.2, 0) is 14.7 Å². The predicted octanol–water partition coefficient (Wildman–Crippen LogP) is 3.10. The van der Waals surface area contributed by atoms with Crippen LogP contribution in [0.25, 0.3) is 17.2 Å². The van der Waals surface area contributed by atoms with Crippen molar-refractivity contribution in [3.63, 3.8) is 0 Å². The van der Waals surface area contributed by atoms with Crippen LogP contribution in [0.5, 0.6) is 11.5 Å². The van der Waals surface area contributed by atoms with E-state index in [1.165, 1.54) is 12.1 Å². The van der Waals surface area contributed by atoms with E-state index in [1.54, 1.807) is 37.3 Å². The summed E-state index contributed by atoms with van der Waals surface area (Å²) in [5.74, 6) is 1.15. The molecular formula is C18H17NO7S. The molecule has 8 nitrogen and oxygen atoms in total. The molecule has 2 aromatic carbocycles. The summed E-state index contributed by atoms with van der Waals surface area (Å²) in [4.78, 5) is 15.0. The third-order valence-electron chi connectivity index (χ3n) is 3.94. The molecule has 142 valence electrons. The van der Waals surface area contributed by atoms with E-state index in [2.05, 4.69) is 4.84 Å². The van der Waals surface area contributed by atoms with Crippen molar-refractivity contribution in [1.82, 2.24) is 0 Å². The van der Waals surface area contributed by atoms with Gasteiger partial charge in [0.05, 0.1) is 4.90 Å². The van der Waals surface area contributed by atoms with Gasteiger partial charge in [-0.3, -0.25) is 0 Å². The first kappa shape index (κ1) is 18.7. The summed E-state index contributed by atoms with van der Waals surface area (Å²) in [7, 11) is -3.29. The summed E-state index contributed by atoms with van der Waals surface area (Å²) < 4.78 is 34.1. The Morgan fingerprint density at radius 3 is 2.44 bits per heavy atom. The van der Waals surface area contributed by atoms with Crippen molar-refractivity contribution in [1.29, 1.82) is 0 Å². The molecule has 0 aromatic heterocycles. The van der Waals surface area contributed by atoms with Crippen LogP contribution in [0.2, 0.25) is 0 Å². The molecule has 2 aromatic rings. The average Bonchev–Trinajstić information content (AvgIpc) is 3.06. The van der Waals surface area contributed by atoms with Crippen molar-refractivity contribution in [2.45, 2.75) is 11.8 Å². The summed E-state index contributed by atoms with van der Waals surface area (Å²) in [6.07, 6.45) is 2.90. The Hall–Kier alpha value is -3.07. The molecule has 1 aliphatic rings. The zero-order valence-corrected chi connectivity index (χ0v) is 15.5. The number of hydrogen-bond donors (Lipinski definition) is 0. The van der Waals surface area contributed by atoms with Crippen LogP contribution in [-0.4, -0.2) is 33.2 Å². The Labute approximate surface area is 156 Å². The first-order chi connectivity index (χ1) is 12.7. The Kier molecular flexibility index (Phi) is 5.04. The fourth-order valence-corrected chi connectivity index (χ4v) is 3.30. The van der Waals surface area contributed by atoms with E-state index in [-0.39, 0.29) is 18.3 Å². The molecule has 9 heteroatoms. The van der Waals surface area contributed by atoms with Crippen molar-refractivity contribution in [2.24, 2.45) is 0 Å². The van der Waals surface area contributed by atoms with E-state index in [0.29, 0.717) is 17.1 Å². The van der Waals surface area contributed by atoms with Gasteiger partial charge in [-0.2, -0.15) is 0 Å². The van der Waals surface area contributed by atoms with Crippen molar-refractivity contribution >= 4 is 15.9 Å². The van der Waals surface area contributed by atoms with Crippen LogP contribution >= 0.6 is 0 Å². The topological polar surface area (TPSA) is 105 Å². The largest absolute Gasteiger partial charge is 0.454 e. The number of hydrogen-bond acceptors (Lipinski definition) is 7. The van der Waals surface area contributed by atoms with Crippen LogP contribution in [0.4, 0.5) is 0 Å². The van der Waals surface area contributed by atoms with Gasteiger partial charge in [-0.15, -0.1) is 10.1 Å². The second-order valence-electron chi connectivity index (χ2n) is 6.08. The fraction of sp³-hybridized carbons (Fsp3) is 0.222. The molecule has 0 saturated heterocycles. The van der Waals surface area contributed by atoms with E-state index in [4.69, 9.17) is 9.47 Å². The first-order valence-electron chi connectivity index (χ1n) is 7.92. The lowest BCUT2D eigenvalue weighted by Crippen LogP contribution is -2.03. The van der Waals surface area contributed by atoms with Crippen LogP contribution in [0.15, 0.2) is 46.9 Å². The zero-order valence-electron chi connectivity index (χ0n) is 14.7. The smallest absolute Gasteiger partial charge is 0.294 e. The molecule has 0 spiro atoms. The third-order valence-corrected chi connectivity index (χ3v) is 5.07. The molecule has 1 heterocycles. The molecule has 27 heavy (non-hydrogen) atoms. The molecular weight excluding hydrogens is 374 g/mol. The van der Waals surface area contributed by atoms with Crippen LogP contribution in [0.3, 0.4) is 0 Å². The van der Waals surface area contributed by atoms with Gasteiger partial charge in [0.25, 0.3) is 5.09 Å². The Morgan fingerprint density at radius 2 is 1.85 bits per heavy atom. The van der Waals surface area contributed by atoms with Crippen molar-refractivity contribution in [3.8, 4) is 22.6 Å². The average molecular weight is 391 g/mol. The van der Waals surface area contributed by atoms with Crippen molar-refractivity contribution in [2.75, 3.05) is 19.7 Å². The monoisotopic (exact) mass is 391 g/mol. The van der Waals surface area contributed by atoms with Gasteiger partial charge in [0.2, 0.25) is 6.79 Å². The van der Waals surface area contributed by atoms with Gasteiger partial charge in [0.15, 0.2) is 21.3 Å². The summed E-state index contributed by atoms with van der Waals surface area (Å²) >= 11 is 0. The summed E-state index contributed by atoms with van der Waals surface area (Å²) in [5, 5.41) is 9.54. The van der Waals surface area contributed by atoms with Gasteiger partial charge in [0, 0.05) is 6.26 Å². The van der Waals surface area contributed by atoms with Gasteiger partial charge < -0.3 is 14.3 Å².